The van der Waals surface area contributed by atoms with E-state index >= 15 is 0 Å². The fourth-order valence-corrected chi connectivity index (χ4v) is 2.72. The number of oxazole rings is 1. The Hall–Kier alpha value is -3.08. The normalized spacial score (nSPS) is 10.8. The van der Waals surface area contributed by atoms with Crippen molar-refractivity contribution in [3.05, 3.63) is 60.3 Å². The van der Waals surface area contributed by atoms with Crippen LogP contribution in [0.5, 0.6) is 5.75 Å². The summed E-state index contributed by atoms with van der Waals surface area (Å²) in [5.74, 6) is 2.27. The average molecular weight is 364 g/mol. The van der Waals surface area contributed by atoms with Gasteiger partial charge in [-0.1, -0.05) is 26.0 Å². The molecule has 0 unspecified atom stereocenters. The third-order valence-electron chi connectivity index (χ3n) is 4.29. The fraction of sp³-hybridized carbons (Fsp3) is 0.273. The van der Waals surface area contributed by atoms with E-state index in [0.29, 0.717) is 35.2 Å². The molecule has 1 amide bonds. The Morgan fingerprint density at radius 3 is 2.59 bits per heavy atom. The number of hydrogen-bond acceptors (Lipinski definition) is 4. The molecule has 0 aliphatic rings. The molecule has 5 heteroatoms. The molecule has 0 atom stereocenters. The lowest BCUT2D eigenvalue weighted by Gasteiger charge is -2.09. The molecule has 0 aliphatic carbocycles. The largest absolute Gasteiger partial charge is 0.497 e. The Kier molecular flexibility index (Phi) is 5.91. The quantitative estimate of drug-likeness (QED) is 0.654. The third-order valence-corrected chi connectivity index (χ3v) is 4.29. The molecule has 0 radical (unpaired) electrons. The van der Waals surface area contributed by atoms with E-state index in [1.807, 2.05) is 42.5 Å². The lowest BCUT2D eigenvalue weighted by Crippen LogP contribution is -2.25. The van der Waals surface area contributed by atoms with Crippen LogP contribution >= 0.6 is 0 Å². The molecule has 0 bridgehead atoms. The molecule has 3 aromatic rings. The molecule has 3 rings (SSSR count). The minimum absolute atomic E-state index is 0.115. The van der Waals surface area contributed by atoms with Gasteiger partial charge < -0.3 is 14.5 Å². The van der Waals surface area contributed by atoms with Gasteiger partial charge in [0.25, 0.3) is 5.91 Å². The van der Waals surface area contributed by atoms with Crippen molar-refractivity contribution < 1.29 is 13.9 Å². The lowest BCUT2D eigenvalue weighted by molar-refractivity contribution is 0.0952. The van der Waals surface area contributed by atoms with Crippen molar-refractivity contribution in [2.45, 2.75) is 20.3 Å². The summed E-state index contributed by atoms with van der Waals surface area (Å²) >= 11 is 0. The molecule has 27 heavy (non-hydrogen) atoms. The highest BCUT2D eigenvalue weighted by Gasteiger charge is 2.16. The van der Waals surface area contributed by atoms with Crippen molar-refractivity contribution >= 4 is 5.91 Å². The van der Waals surface area contributed by atoms with Crippen LogP contribution in [0.15, 0.2) is 59.1 Å². The number of ether oxygens (including phenoxy) is 1. The number of nitrogens with zero attached hydrogens (tertiary/aromatic N) is 1. The molecule has 0 spiro atoms. The van der Waals surface area contributed by atoms with Gasteiger partial charge in [-0.2, -0.15) is 0 Å². The van der Waals surface area contributed by atoms with Crippen LogP contribution in [-0.2, 0) is 0 Å². The summed E-state index contributed by atoms with van der Waals surface area (Å²) in [7, 11) is 1.63. The van der Waals surface area contributed by atoms with Gasteiger partial charge in [0.1, 0.15) is 5.75 Å². The maximum absolute atomic E-state index is 12.6. The van der Waals surface area contributed by atoms with E-state index < -0.39 is 0 Å². The van der Waals surface area contributed by atoms with Crippen LogP contribution < -0.4 is 10.1 Å². The molecular weight excluding hydrogens is 340 g/mol. The molecule has 0 saturated carbocycles. The highest BCUT2D eigenvalue weighted by atomic mass is 16.5. The number of amides is 1. The minimum Gasteiger partial charge on any atom is -0.497 e. The number of methoxy groups -OCH3 is 1. The average Bonchev–Trinajstić information content (AvgIpc) is 3.18. The first kappa shape index (κ1) is 18.7. The molecule has 0 fully saturated rings. The number of rotatable bonds is 7. The first-order valence-electron chi connectivity index (χ1n) is 9.06. The maximum atomic E-state index is 12.6. The van der Waals surface area contributed by atoms with Gasteiger partial charge in [-0.05, 0) is 48.7 Å². The van der Waals surface area contributed by atoms with Crippen LogP contribution in [0, 0.1) is 5.92 Å². The van der Waals surface area contributed by atoms with Crippen LogP contribution in [0.25, 0.3) is 22.8 Å². The van der Waals surface area contributed by atoms with Gasteiger partial charge in [-0.3, -0.25) is 4.79 Å². The maximum Gasteiger partial charge on any atom is 0.252 e. The Balaban J connectivity index is 1.82. The summed E-state index contributed by atoms with van der Waals surface area (Å²) in [6.45, 7) is 4.91. The SMILES string of the molecule is COc1ccc(-c2cnc(-c3ccccc3C(=O)NCCC(C)C)o2)cc1. The van der Waals surface area contributed by atoms with Gasteiger partial charge in [0, 0.05) is 17.7 Å². The van der Waals surface area contributed by atoms with E-state index in [-0.39, 0.29) is 5.91 Å². The van der Waals surface area contributed by atoms with Gasteiger partial charge in [-0.15, -0.1) is 0 Å². The predicted octanol–water partition coefficient (Wildman–Crippen LogP) is 4.79. The van der Waals surface area contributed by atoms with Gasteiger partial charge in [0.2, 0.25) is 5.89 Å². The van der Waals surface area contributed by atoms with Crippen molar-refractivity contribution in [2.24, 2.45) is 5.92 Å². The van der Waals surface area contributed by atoms with Crippen molar-refractivity contribution in [1.29, 1.82) is 0 Å². The van der Waals surface area contributed by atoms with Gasteiger partial charge in [0.05, 0.1) is 18.9 Å². The van der Waals surface area contributed by atoms with Crippen LogP contribution in [0.2, 0.25) is 0 Å². The molecule has 0 aliphatic heterocycles. The van der Waals surface area contributed by atoms with Crippen LogP contribution in [0.4, 0.5) is 0 Å². The molecular formula is C22H24N2O3. The summed E-state index contributed by atoms with van der Waals surface area (Å²) in [5, 5.41) is 2.97. The molecule has 1 aromatic heterocycles. The van der Waals surface area contributed by atoms with Crippen molar-refractivity contribution in [3.8, 4) is 28.5 Å². The van der Waals surface area contributed by atoms with Crippen molar-refractivity contribution in [2.75, 3.05) is 13.7 Å². The Morgan fingerprint density at radius 1 is 1.15 bits per heavy atom. The first-order valence-corrected chi connectivity index (χ1v) is 9.06. The fourth-order valence-electron chi connectivity index (χ4n) is 2.72. The van der Waals surface area contributed by atoms with Crippen LogP contribution in [0.1, 0.15) is 30.6 Å². The zero-order chi connectivity index (χ0) is 19.2. The summed E-state index contributed by atoms with van der Waals surface area (Å²) in [6, 6.07) is 14.9. The topological polar surface area (TPSA) is 64.4 Å². The number of nitrogens with one attached hydrogen (secondary N) is 1. The Morgan fingerprint density at radius 2 is 1.89 bits per heavy atom. The third kappa shape index (κ3) is 4.56. The van der Waals surface area contributed by atoms with E-state index in [1.165, 1.54) is 0 Å². The highest BCUT2D eigenvalue weighted by molar-refractivity contribution is 6.00. The number of benzene rings is 2. The summed E-state index contributed by atoms with van der Waals surface area (Å²) in [5.41, 5.74) is 2.14. The summed E-state index contributed by atoms with van der Waals surface area (Å²) in [4.78, 5) is 17.0. The summed E-state index contributed by atoms with van der Waals surface area (Å²) < 4.78 is 11.1. The second-order valence-corrected chi connectivity index (χ2v) is 6.74. The van der Waals surface area contributed by atoms with E-state index in [9.17, 15) is 4.79 Å². The van der Waals surface area contributed by atoms with E-state index in [2.05, 4.69) is 24.1 Å². The number of carbonyl (C=O) groups is 1. The summed E-state index contributed by atoms with van der Waals surface area (Å²) in [6.07, 6.45) is 2.61. The van der Waals surface area contributed by atoms with Gasteiger partial charge in [0.15, 0.2) is 5.76 Å². The first-order chi connectivity index (χ1) is 13.1. The molecule has 1 heterocycles. The van der Waals surface area contributed by atoms with Crippen LogP contribution in [-0.4, -0.2) is 24.5 Å². The van der Waals surface area contributed by atoms with Gasteiger partial charge >= 0.3 is 0 Å². The zero-order valence-electron chi connectivity index (χ0n) is 15.9. The zero-order valence-corrected chi connectivity index (χ0v) is 15.9. The molecule has 5 nitrogen and oxygen atoms in total. The predicted molar refractivity (Wildman–Crippen MR) is 106 cm³/mol. The Bertz CT molecular complexity index is 898. The van der Waals surface area contributed by atoms with Crippen LogP contribution in [0.3, 0.4) is 0 Å². The molecule has 2 aromatic carbocycles. The van der Waals surface area contributed by atoms with Gasteiger partial charge in [-0.25, -0.2) is 4.98 Å². The number of aromatic nitrogens is 1. The number of hydrogen-bond donors (Lipinski definition) is 1. The van der Waals surface area contributed by atoms with E-state index in [0.717, 1.165) is 17.7 Å². The van der Waals surface area contributed by atoms with E-state index in [4.69, 9.17) is 9.15 Å². The Labute approximate surface area is 159 Å². The smallest absolute Gasteiger partial charge is 0.252 e. The second-order valence-electron chi connectivity index (χ2n) is 6.74. The second kappa shape index (κ2) is 8.54. The molecule has 0 saturated heterocycles. The molecule has 140 valence electrons. The van der Waals surface area contributed by atoms with Crippen molar-refractivity contribution in [1.82, 2.24) is 10.3 Å². The number of carbonyl (C=O) groups excluding carboxylic acids is 1. The highest BCUT2D eigenvalue weighted by Crippen LogP contribution is 2.29. The lowest BCUT2D eigenvalue weighted by atomic mass is 10.1. The minimum atomic E-state index is -0.115. The monoisotopic (exact) mass is 364 g/mol. The van der Waals surface area contributed by atoms with E-state index in [1.54, 1.807) is 19.4 Å². The standard InChI is InChI=1S/C22H24N2O3/c1-15(2)12-13-23-21(25)18-6-4-5-7-19(18)22-24-14-20(27-22)16-8-10-17(26-3)11-9-16/h4-11,14-15H,12-13H2,1-3H3,(H,23,25). The van der Waals surface area contributed by atoms with Crippen molar-refractivity contribution in [3.63, 3.8) is 0 Å². The molecule has 1 N–H and O–H groups in total.